The van der Waals surface area contributed by atoms with E-state index in [2.05, 4.69) is 5.32 Å². The zero-order valence-electron chi connectivity index (χ0n) is 11.5. The second kappa shape index (κ2) is 4.62. The Balaban J connectivity index is 1.74. The van der Waals surface area contributed by atoms with Gasteiger partial charge in [-0.15, -0.1) is 0 Å². The molecule has 0 aromatic heterocycles. The van der Waals surface area contributed by atoms with Gasteiger partial charge >= 0.3 is 12.0 Å². The Morgan fingerprint density at radius 3 is 2.67 bits per heavy atom. The molecule has 0 radical (unpaired) electrons. The first-order chi connectivity index (χ1) is 10.2. The third-order valence-electron chi connectivity index (χ3n) is 4.27. The highest BCUT2D eigenvalue weighted by molar-refractivity contribution is 5.97. The molecule has 0 spiro atoms. The maximum Gasteiger partial charge on any atom is 0.338 e. The van der Waals surface area contributed by atoms with Crippen molar-refractivity contribution in [3.05, 3.63) is 47.2 Å². The number of ether oxygens (including phenoxy) is 1. The van der Waals surface area contributed by atoms with Crippen LogP contribution in [0, 0.1) is 5.92 Å². The average molecular weight is 284 g/mol. The molecule has 1 aromatic carbocycles. The van der Waals surface area contributed by atoms with E-state index in [4.69, 9.17) is 4.74 Å². The van der Waals surface area contributed by atoms with Gasteiger partial charge in [-0.25, -0.2) is 9.59 Å². The first kappa shape index (κ1) is 12.4. The number of rotatable bonds is 3. The number of nitrogens with one attached hydrogen (secondary N) is 1. The van der Waals surface area contributed by atoms with E-state index in [-0.39, 0.29) is 18.6 Å². The van der Waals surface area contributed by atoms with Crippen molar-refractivity contribution in [3.8, 4) is 0 Å². The Kier molecular flexibility index (Phi) is 2.74. The summed E-state index contributed by atoms with van der Waals surface area (Å²) in [7, 11) is 0. The van der Waals surface area contributed by atoms with E-state index in [9.17, 15) is 9.59 Å². The first-order valence-corrected chi connectivity index (χ1v) is 7.27. The second-order valence-corrected chi connectivity index (χ2v) is 5.78. The molecular weight excluding hydrogens is 268 g/mol. The van der Waals surface area contributed by atoms with E-state index in [1.54, 1.807) is 4.90 Å². The molecule has 0 saturated heterocycles. The molecule has 4 rings (SSSR count). The molecule has 1 saturated carbocycles. The lowest BCUT2D eigenvalue weighted by Gasteiger charge is -2.33. The first-order valence-electron chi connectivity index (χ1n) is 7.27. The van der Waals surface area contributed by atoms with Crippen LogP contribution in [0.25, 0.3) is 0 Å². The van der Waals surface area contributed by atoms with Crippen molar-refractivity contribution in [1.29, 1.82) is 0 Å². The van der Waals surface area contributed by atoms with Crippen molar-refractivity contribution in [2.24, 2.45) is 5.92 Å². The third-order valence-corrected chi connectivity index (χ3v) is 4.27. The van der Waals surface area contributed by atoms with Crippen LogP contribution in [0.1, 0.15) is 24.4 Å². The molecule has 2 amide bonds. The molecule has 5 heteroatoms. The number of hydrogen-bond acceptors (Lipinski definition) is 3. The topological polar surface area (TPSA) is 58.6 Å². The zero-order valence-corrected chi connectivity index (χ0v) is 11.5. The van der Waals surface area contributed by atoms with Gasteiger partial charge in [0.15, 0.2) is 0 Å². The van der Waals surface area contributed by atoms with E-state index < -0.39 is 6.04 Å². The van der Waals surface area contributed by atoms with Crippen molar-refractivity contribution in [2.75, 3.05) is 13.2 Å². The number of carbonyl (C=O) groups is 2. The van der Waals surface area contributed by atoms with Crippen LogP contribution in [0.3, 0.4) is 0 Å². The molecule has 1 fully saturated rings. The second-order valence-electron chi connectivity index (χ2n) is 5.78. The van der Waals surface area contributed by atoms with Gasteiger partial charge in [-0.2, -0.15) is 0 Å². The lowest BCUT2D eigenvalue weighted by atomic mass is 9.96. The predicted molar refractivity (Wildman–Crippen MR) is 75.1 cm³/mol. The normalized spacial score (nSPS) is 24.8. The molecule has 2 aliphatic heterocycles. The predicted octanol–water partition coefficient (Wildman–Crippen LogP) is 1.97. The van der Waals surface area contributed by atoms with E-state index in [0.717, 1.165) is 24.1 Å². The van der Waals surface area contributed by atoms with Gasteiger partial charge in [0.2, 0.25) is 0 Å². The number of cyclic esters (lactones) is 1. The highest BCUT2D eigenvalue weighted by Crippen LogP contribution is 2.38. The number of amides is 2. The minimum Gasteiger partial charge on any atom is -0.456 e. The molecule has 1 N–H and O–H groups in total. The van der Waals surface area contributed by atoms with E-state index in [0.29, 0.717) is 18.0 Å². The van der Waals surface area contributed by atoms with Gasteiger partial charge in [0, 0.05) is 6.54 Å². The highest BCUT2D eigenvalue weighted by atomic mass is 16.5. The zero-order chi connectivity index (χ0) is 14.4. The molecule has 3 aliphatic rings. The maximum atomic E-state index is 12.4. The summed E-state index contributed by atoms with van der Waals surface area (Å²) in [6, 6.07) is 9.01. The summed E-state index contributed by atoms with van der Waals surface area (Å²) >= 11 is 0. The summed E-state index contributed by atoms with van der Waals surface area (Å²) in [5, 5.41) is 2.95. The van der Waals surface area contributed by atoms with E-state index >= 15 is 0 Å². The monoisotopic (exact) mass is 284 g/mol. The Morgan fingerprint density at radius 1 is 1.19 bits per heavy atom. The van der Waals surface area contributed by atoms with Crippen molar-refractivity contribution in [2.45, 2.75) is 18.9 Å². The molecular formula is C16H16N2O3. The quantitative estimate of drug-likeness (QED) is 0.863. The average Bonchev–Trinajstić information content (AvgIpc) is 3.24. The van der Waals surface area contributed by atoms with Crippen LogP contribution in [-0.4, -0.2) is 30.1 Å². The molecule has 5 nitrogen and oxygen atoms in total. The standard InChI is InChI=1S/C16H16N2O3/c19-15-13-12(9-21-15)18(8-10-6-7-10)16(20)17-14(13)11-4-2-1-3-5-11/h1-5,10,14H,6-9H2,(H,17,20)/t14-/m1/s1. The number of carbonyl (C=O) groups excluding carboxylic acids is 2. The van der Waals surface area contributed by atoms with Gasteiger partial charge in [0.05, 0.1) is 17.3 Å². The van der Waals surface area contributed by atoms with Crippen molar-refractivity contribution < 1.29 is 14.3 Å². The van der Waals surface area contributed by atoms with Crippen LogP contribution < -0.4 is 5.32 Å². The molecule has 2 heterocycles. The van der Waals surface area contributed by atoms with Gasteiger partial charge in [-0.05, 0) is 24.3 Å². The van der Waals surface area contributed by atoms with Crippen LogP contribution in [0.5, 0.6) is 0 Å². The van der Waals surface area contributed by atoms with Crippen molar-refractivity contribution in [3.63, 3.8) is 0 Å². The molecule has 0 unspecified atom stereocenters. The van der Waals surface area contributed by atoms with Gasteiger partial charge in [0.1, 0.15) is 6.61 Å². The summed E-state index contributed by atoms with van der Waals surface area (Å²) < 4.78 is 5.19. The largest absolute Gasteiger partial charge is 0.456 e. The Morgan fingerprint density at radius 2 is 1.95 bits per heavy atom. The molecule has 1 aliphatic carbocycles. The smallest absolute Gasteiger partial charge is 0.338 e. The van der Waals surface area contributed by atoms with Gasteiger partial charge in [-0.1, -0.05) is 30.3 Å². The maximum absolute atomic E-state index is 12.4. The molecule has 108 valence electrons. The van der Waals surface area contributed by atoms with E-state index in [1.807, 2.05) is 30.3 Å². The number of nitrogens with zero attached hydrogens (tertiary/aromatic N) is 1. The van der Waals surface area contributed by atoms with Crippen LogP contribution in [0.2, 0.25) is 0 Å². The van der Waals surface area contributed by atoms with E-state index in [1.165, 1.54) is 0 Å². The van der Waals surface area contributed by atoms with Gasteiger partial charge < -0.3 is 10.1 Å². The van der Waals surface area contributed by atoms with Gasteiger partial charge in [-0.3, -0.25) is 4.90 Å². The minimum atomic E-state index is -0.404. The summed E-state index contributed by atoms with van der Waals surface area (Å²) in [6.45, 7) is 0.889. The Bertz CT molecular complexity index is 634. The van der Waals surface area contributed by atoms with Crippen LogP contribution in [0.15, 0.2) is 41.6 Å². The molecule has 21 heavy (non-hydrogen) atoms. The molecule has 0 bridgehead atoms. The number of urea groups is 1. The SMILES string of the molecule is O=C1OCC2=C1[C@@H](c1ccccc1)NC(=O)N2CC1CC1. The van der Waals surface area contributed by atoms with Crippen LogP contribution in [0.4, 0.5) is 4.79 Å². The fraction of sp³-hybridized carbons (Fsp3) is 0.375. The fourth-order valence-corrected chi connectivity index (χ4v) is 2.96. The summed E-state index contributed by atoms with van der Waals surface area (Å²) in [6.07, 6.45) is 2.31. The van der Waals surface area contributed by atoms with Crippen molar-refractivity contribution in [1.82, 2.24) is 10.2 Å². The summed E-state index contributed by atoms with van der Waals surface area (Å²) in [5.41, 5.74) is 2.23. The third kappa shape index (κ3) is 2.09. The fourth-order valence-electron chi connectivity index (χ4n) is 2.96. The number of hydrogen-bond donors (Lipinski definition) is 1. The summed E-state index contributed by atoms with van der Waals surface area (Å²) in [4.78, 5) is 26.2. The lowest BCUT2D eigenvalue weighted by molar-refractivity contribution is -0.136. The molecule has 1 aromatic rings. The Hall–Kier alpha value is -2.30. The summed E-state index contributed by atoms with van der Waals surface area (Å²) in [5.74, 6) is 0.244. The Labute approximate surface area is 122 Å². The lowest BCUT2D eigenvalue weighted by Crippen LogP contribution is -2.47. The van der Waals surface area contributed by atoms with Crippen LogP contribution in [-0.2, 0) is 9.53 Å². The number of esters is 1. The van der Waals surface area contributed by atoms with Crippen LogP contribution >= 0.6 is 0 Å². The number of benzene rings is 1. The highest BCUT2D eigenvalue weighted by Gasteiger charge is 2.43. The van der Waals surface area contributed by atoms with Gasteiger partial charge in [0.25, 0.3) is 0 Å². The van der Waals surface area contributed by atoms with Crippen molar-refractivity contribution >= 4 is 12.0 Å². The minimum absolute atomic E-state index is 0.132. The molecule has 1 atom stereocenters.